The highest BCUT2D eigenvalue weighted by molar-refractivity contribution is 5.94. The first-order valence-corrected chi connectivity index (χ1v) is 7.82. The molecule has 1 amide bonds. The van der Waals surface area contributed by atoms with E-state index in [4.69, 9.17) is 14.0 Å². The molecule has 1 aromatic rings. The number of ether oxygens (including phenoxy) is 2. The van der Waals surface area contributed by atoms with Crippen LogP contribution in [0.25, 0.3) is 0 Å². The Morgan fingerprint density at radius 1 is 1.10 bits per heavy atom. The molecule has 6 heteroatoms. The molecule has 6 nitrogen and oxygen atoms in total. The summed E-state index contributed by atoms with van der Waals surface area (Å²) < 4.78 is 16.7. The van der Waals surface area contributed by atoms with Crippen molar-refractivity contribution in [2.75, 3.05) is 26.3 Å². The van der Waals surface area contributed by atoms with Gasteiger partial charge < -0.3 is 18.9 Å². The number of aromatic nitrogens is 1. The molecule has 0 bridgehead atoms. The van der Waals surface area contributed by atoms with Crippen LogP contribution in [0, 0.1) is 0 Å². The zero-order valence-electron chi connectivity index (χ0n) is 12.1. The number of nitrogens with zero attached hydrogens (tertiary/aromatic N) is 2. The lowest BCUT2D eigenvalue weighted by Gasteiger charge is -2.37. The van der Waals surface area contributed by atoms with Crippen LogP contribution in [0.1, 0.15) is 47.5 Å². The van der Waals surface area contributed by atoms with E-state index in [9.17, 15) is 4.79 Å². The Hall–Kier alpha value is -1.40. The molecule has 3 aliphatic rings. The monoisotopic (exact) mass is 292 g/mol. The molecule has 0 aromatic carbocycles. The van der Waals surface area contributed by atoms with E-state index in [0.29, 0.717) is 32.0 Å². The van der Waals surface area contributed by atoms with Gasteiger partial charge in [0.15, 0.2) is 11.5 Å². The molecule has 0 radical (unpaired) electrons. The highest BCUT2D eigenvalue weighted by Crippen LogP contribution is 2.32. The van der Waals surface area contributed by atoms with E-state index in [0.717, 1.165) is 49.8 Å². The summed E-state index contributed by atoms with van der Waals surface area (Å²) in [5, 5.41) is 4.03. The Bertz CT molecular complexity index is 538. The number of amides is 1. The lowest BCUT2D eigenvalue weighted by atomic mass is 9.95. The lowest BCUT2D eigenvalue weighted by molar-refractivity contribution is -0.181. The smallest absolute Gasteiger partial charge is 0.276 e. The van der Waals surface area contributed by atoms with E-state index >= 15 is 0 Å². The summed E-state index contributed by atoms with van der Waals surface area (Å²) in [5.74, 6) is 0.454. The van der Waals surface area contributed by atoms with E-state index in [1.54, 1.807) is 0 Å². The van der Waals surface area contributed by atoms with E-state index in [1.165, 1.54) is 0 Å². The van der Waals surface area contributed by atoms with Gasteiger partial charge in [0.05, 0.1) is 13.2 Å². The summed E-state index contributed by atoms with van der Waals surface area (Å²) in [4.78, 5) is 14.5. The fraction of sp³-hybridized carbons (Fsp3) is 0.733. The van der Waals surface area contributed by atoms with Crippen LogP contribution >= 0.6 is 0 Å². The van der Waals surface area contributed by atoms with Gasteiger partial charge in [-0.3, -0.25) is 4.79 Å². The Morgan fingerprint density at radius 2 is 1.81 bits per heavy atom. The number of fused-ring (bicyclic) bond motifs is 1. The molecule has 3 heterocycles. The van der Waals surface area contributed by atoms with Crippen molar-refractivity contribution >= 4 is 5.91 Å². The highest BCUT2D eigenvalue weighted by Gasteiger charge is 2.41. The van der Waals surface area contributed by atoms with E-state index in [1.807, 2.05) is 4.90 Å². The van der Waals surface area contributed by atoms with Gasteiger partial charge in [-0.15, -0.1) is 0 Å². The Labute approximate surface area is 123 Å². The van der Waals surface area contributed by atoms with Crippen molar-refractivity contribution in [1.82, 2.24) is 10.1 Å². The molecular formula is C15H20N2O4. The highest BCUT2D eigenvalue weighted by atomic mass is 16.7. The Kier molecular flexibility index (Phi) is 3.23. The van der Waals surface area contributed by atoms with E-state index in [2.05, 4.69) is 5.16 Å². The number of piperidine rings is 1. The molecule has 0 N–H and O–H groups in total. The topological polar surface area (TPSA) is 64.8 Å². The average Bonchev–Trinajstić information content (AvgIpc) is 3.15. The fourth-order valence-electron chi connectivity index (χ4n) is 3.54. The van der Waals surface area contributed by atoms with Gasteiger partial charge in [-0.25, -0.2) is 0 Å². The lowest BCUT2D eigenvalue weighted by Crippen LogP contribution is -2.47. The standard InChI is InChI=1S/C15H20N2O4/c18-14(13-11-3-1-2-4-12(11)21-16-13)17-7-5-15(6-8-17)19-9-10-20-15/h1-10H2. The van der Waals surface area contributed by atoms with Gasteiger partial charge >= 0.3 is 0 Å². The number of likely N-dealkylation sites (tertiary alicyclic amines) is 1. The maximum Gasteiger partial charge on any atom is 0.276 e. The van der Waals surface area contributed by atoms with E-state index in [-0.39, 0.29) is 5.91 Å². The van der Waals surface area contributed by atoms with Gasteiger partial charge in [-0.2, -0.15) is 0 Å². The molecular weight excluding hydrogens is 272 g/mol. The quantitative estimate of drug-likeness (QED) is 0.785. The average molecular weight is 292 g/mol. The van der Waals surface area contributed by atoms with Crippen LogP contribution < -0.4 is 0 Å². The second-order valence-electron chi connectivity index (χ2n) is 6.04. The minimum absolute atomic E-state index is 0.00486. The second-order valence-corrected chi connectivity index (χ2v) is 6.04. The summed E-state index contributed by atoms with van der Waals surface area (Å²) >= 11 is 0. The first-order chi connectivity index (χ1) is 10.3. The van der Waals surface area contributed by atoms with Gasteiger partial charge in [0.1, 0.15) is 5.76 Å². The molecule has 2 fully saturated rings. The maximum absolute atomic E-state index is 12.7. The van der Waals surface area contributed by atoms with Crippen molar-refractivity contribution in [3.05, 3.63) is 17.0 Å². The molecule has 114 valence electrons. The second kappa shape index (κ2) is 5.10. The molecule has 4 rings (SSSR count). The third-order valence-electron chi connectivity index (χ3n) is 4.78. The number of carbonyl (C=O) groups excluding carboxylic acids is 1. The molecule has 0 saturated carbocycles. The van der Waals surface area contributed by atoms with Crippen LogP contribution in [0.4, 0.5) is 0 Å². The number of hydrogen-bond acceptors (Lipinski definition) is 5. The number of aryl methyl sites for hydroxylation is 1. The van der Waals surface area contributed by atoms with Crippen molar-refractivity contribution in [2.45, 2.75) is 44.3 Å². The third kappa shape index (κ3) is 2.26. The van der Waals surface area contributed by atoms with Crippen LogP contribution in [0.2, 0.25) is 0 Å². The molecule has 1 aliphatic carbocycles. The predicted octanol–water partition coefficient (Wildman–Crippen LogP) is 1.53. The molecule has 2 aliphatic heterocycles. The largest absolute Gasteiger partial charge is 0.360 e. The molecule has 1 aromatic heterocycles. The number of hydrogen-bond donors (Lipinski definition) is 0. The third-order valence-corrected chi connectivity index (χ3v) is 4.78. The van der Waals surface area contributed by atoms with Crippen LogP contribution in [-0.4, -0.2) is 48.1 Å². The van der Waals surface area contributed by atoms with Crippen LogP contribution in [0.15, 0.2) is 4.52 Å². The number of rotatable bonds is 1. The zero-order chi connectivity index (χ0) is 14.3. The Morgan fingerprint density at radius 3 is 2.57 bits per heavy atom. The summed E-state index contributed by atoms with van der Waals surface area (Å²) in [5.41, 5.74) is 1.55. The minimum Gasteiger partial charge on any atom is -0.360 e. The van der Waals surface area contributed by atoms with Crippen LogP contribution in [0.3, 0.4) is 0 Å². The number of carbonyl (C=O) groups is 1. The summed E-state index contributed by atoms with van der Waals surface area (Å²) in [7, 11) is 0. The summed E-state index contributed by atoms with van der Waals surface area (Å²) in [6, 6.07) is 0. The van der Waals surface area contributed by atoms with Crippen molar-refractivity contribution in [2.24, 2.45) is 0 Å². The predicted molar refractivity (Wildman–Crippen MR) is 72.9 cm³/mol. The maximum atomic E-state index is 12.7. The van der Waals surface area contributed by atoms with Crippen LogP contribution in [-0.2, 0) is 22.3 Å². The zero-order valence-corrected chi connectivity index (χ0v) is 12.1. The van der Waals surface area contributed by atoms with Gasteiger partial charge in [0.25, 0.3) is 5.91 Å². The first-order valence-electron chi connectivity index (χ1n) is 7.82. The normalized spacial score (nSPS) is 24.3. The van der Waals surface area contributed by atoms with Crippen molar-refractivity contribution < 1.29 is 18.8 Å². The summed E-state index contributed by atoms with van der Waals surface area (Å²) in [6.07, 6.45) is 5.51. The SMILES string of the molecule is O=C(c1noc2c1CCCC2)N1CCC2(CC1)OCCO2. The molecule has 1 spiro atoms. The fourth-order valence-corrected chi connectivity index (χ4v) is 3.54. The van der Waals surface area contributed by atoms with E-state index < -0.39 is 5.79 Å². The minimum atomic E-state index is -0.444. The van der Waals surface area contributed by atoms with Gasteiger partial charge in [0, 0.05) is 37.9 Å². The van der Waals surface area contributed by atoms with Gasteiger partial charge in [0.2, 0.25) is 0 Å². The van der Waals surface area contributed by atoms with Gasteiger partial charge in [-0.1, -0.05) is 5.16 Å². The van der Waals surface area contributed by atoms with Crippen molar-refractivity contribution in [1.29, 1.82) is 0 Å². The first kappa shape index (κ1) is 13.3. The van der Waals surface area contributed by atoms with Crippen molar-refractivity contribution in [3.8, 4) is 0 Å². The summed E-state index contributed by atoms with van der Waals surface area (Å²) in [6.45, 7) is 2.62. The van der Waals surface area contributed by atoms with Crippen molar-refractivity contribution in [3.63, 3.8) is 0 Å². The molecule has 2 saturated heterocycles. The Balaban J connectivity index is 1.47. The van der Waals surface area contributed by atoms with Gasteiger partial charge in [-0.05, 0) is 19.3 Å². The molecule has 21 heavy (non-hydrogen) atoms. The van der Waals surface area contributed by atoms with Crippen LogP contribution in [0.5, 0.6) is 0 Å². The molecule has 0 atom stereocenters. The molecule has 0 unspecified atom stereocenters.